The van der Waals surface area contributed by atoms with Gasteiger partial charge in [0.2, 0.25) is 5.91 Å². The largest absolute Gasteiger partial charge is 0.490 e. The highest BCUT2D eigenvalue weighted by atomic mass is 32.2. The molecule has 1 fully saturated rings. The van der Waals surface area contributed by atoms with Crippen molar-refractivity contribution in [3.8, 4) is 11.5 Å². The fourth-order valence-electron chi connectivity index (χ4n) is 2.83. The van der Waals surface area contributed by atoms with Crippen molar-refractivity contribution >= 4 is 17.7 Å². The Kier molecular flexibility index (Phi) is 7.02. The summed E-state index contributed by atoms with van der Waals surface area (Å²) in [6.45, 7) is 5.54. The minimum Gasteiger partial charge on any atom is -0.490 e. The number of ether oxygens (including phenoxy) is 2. The average Bonchev–Trinajstić information content (AvgIpc) is 3.45. The second kappa shape index (κ2) is 9.68. The van der Waals surface area contributed by atoms with Gasteiger partial charge in [0.15, 0.2) is 16.7 Å². The lowest BCUT2D eigenvalue weighted by Crippen LogP contribution is -2.27. The Balaban J connectivity index is 1.46. The molecule has 2 aromatic rings. The van der Waals surface area contributed by atoms with Crippen LogP contribution < -0.4 is 20.5 Å². The number of hydrogen-bond donors (Lipinski definition) is 2. The molecule has 0 bridgehead atoms. The second-order valence-corrected chi connectivity index (χ2v) is 7.39. The molecule has 1 aliphatic rings. The molecular weight excluding hydrogens is 380 g/mol. The van der Waals surface area contributed by atoms with Crippen LogP contribution >= 0.6 is 11.8 Å². The van der Waals surface area contributed by atoms with E-state index in [1.165, 1.54) is 11.8 Å². The maximum Gasteiger partial charge on any atom is 0.344 e. The molecule has 1 aliphatic carbocycles. The number of aromatic nitrogens is 3. The van der Waals surface area contributed by atoms with E-state index in [0.29, 0.717) is 31.3 Å². The maximum absolute atomic E-state index is 12.1. The van der Waals surface area contributed by atoms with Crippen molar-refractivity contribution in [2.75, 3.05) is 25.5 Å². The molecule has 0 radical (unpaired) electrons. The molecule has 9 heteroatoms. The molecular formula is C19H26N4O4S. The van der Waals surface area contributed by atoms with E-state index >= 15 is 0 Å². The lowest BCUT2D eigenvalue weighted by atomic mass is 10.1. The Morgan fingerprint density at radius 1 is 1.29 bits per heavy atom. The van der Waals surface area contributed by atoms with Crippen molar-refractivity contribution in [2.45, 2.75) is 44.3 Å². The topological polar surface area (TPSA) is 98.2 Å². The Bertz CT molecular complexity index is 860. The molecule has 0 spiro atoms. The smallest absolute Gasteiger partial charge is 0.344 e. The van der Waals surface area contributed by atoms with E-state index in [1.54, 1.807) is 4.57 Å². The monoisotopic (exact) mass is 406 g/mol. The Hall–Kier alpha value is -2.42. The first-order valence-corrected chi connectivity index (χ1v) is 10.6. The molecule has 0 atom stereocenters. The summed E-state index contributed by atoms with van der Waals surface area (Å²) in [6.07, 6.45) is 2.67. The third-order valence-corrected chi connectivity index (χ3v) is 5.21. The predicted octanol–water partition coefficient (Wildman–Crippen LogP) is 2.15. The van der Waals surface area contributed by atoms with Crippen LogP contribution in [0.4, 0.5) is 0 Å². The quantitative estimate of drug-likeness (QED) is 0.555. The molecule has 1 heterocycles. The van der Waals surface area contributed by atoms with Crippen LogP contribution in [0, 0.1) is 0 Å². The fraction of sp³-hybridized carbons (Fsp3) is 0.526. The number of nitrogens with one attached hydrogen (secondary N) is 2. The van der Waals surface area contributed by atoms with Gasteiger partial charge in [-0.2, -0.15) is 0 Å². The Morgan fingerprint density at radius 3 is 2.75 bits per heavy atom. The van der Waals surface area contributed by atoms with Gasteiger partial charge in [-0.05, 0) is 50.8 Å². The summed E-state index contributed by atoms with van der Waals surface area (Å²) in [5.41, 5.74) is 0.862. The summed E-state index contributed by atoms with van der Waals surface area (Å²) < 4.78 is 12.8. The van der Waals surface area contributed by atoms with Gasteiger partial charge in [-0.15, -0.1) is 5.10 Å². The first kappa shape index (κ1) is 20.3. The third kappa shape index (κ3) is 5.31. The van der Waals surface area contributed by atoms with Crippen LogP contribution in [0.25, 0.3) is 0 Å². The van der Waals surface area contributed by atoms with Crippen molar-refractivity contribution in [1.29, 1.82) is 0 Å². The van der Waals surface area contributed by atoms with E-state index < -0.39 is 0 Å². The molecule has 1 saturated carbocycles. The number of carbonyl (C=O) groups excluding carboxylic acids is 1. The van der Waals surface area contributed by atoms with Crippen LogP contribution in [-0.4, -0.2) is 46.2 Å². The van der Waals surface area contributed by atoms with Gasteiger partial charge < -0.3 is 14.8 Å². The molecule has 1 aromatic heterocycles. The molecule has 8 nitrogen and oxygen atoms in total. The van der Waals surface area contributed by atoms with Gasteiger partial charge in [0, 0.05) is 12.6 Å². The zero-order chi connectivity index (χ0) is 19.9. The normalized spacial score (nSPS) is 13.4. The predicted molar refractivity (Wildman–Crippen MR) is 107 cm³/mol. The van der Waals surface area contributed by atoms with Crippen LogP contribution in [-0.2, 0) is 11.2 Å². The fourth-order valence-corrected chi connectivity index (χ4v) is 3.67. The van der Waals surface area contributed by atoms with Crippen LogP contribution in [0.2, 0.25) is 0 Å². The van der Waals surface area contributed by atoms with Gasteiger partial charge >= 0.3 is 5.69 Å². The standard InChI is InChI=1S/C19H26N4O4S/c1-3-26-15-8-5-13(11-16(15)27-4-2)9-10-20-17(24)12-28-19-22-21-18(25)23(19)14-6-7-14/h5,8,11,14H,3-4,6-7,9-10,12H2,1-2H3,(H,20,24)(H,21,25). The van der Waals surface area contributed by atoms with E-state index in [9.17, 15) is 9.59 Å². The van der Waals surface area contributed by atoms with Gasteiger partial charge in [0.05, 0.1) is 19.0 Å². The summed E-state index contributed by atoms with van der Waals surface area (Å²) >= 11 is 1.28. The van der Waals surface area contributed by atoms with Gasteiger partial charge in [-0.25, -0.2) is 9.89 Å². The molecule has 3 rings (SSSR count). The minimum absolute atomic E-state index is 0.0845. The Morgan fingerprint density at radius 2 is 2.04 bits per heavy atom. The first-order valence-electron chi connectivity index (χ1n) is 9.57. The van der Waals surface area contributed by atoms with Crippen molar-refractivity contribution in [3.05, 3.63) is 34.2 Å². The lowest BCUT2D eigenvalue weighted by molar-refractivity contribution is -0.118. The maximum atomic E-state index is 12.1. The zero-order valence-corrected chi connectivity index (χ0v) is 17.0. The van der Waals surface area contributed by atoms with Crippen LogP contribution in [0.3, 0.4) is 0 Å². The SMILES string of the molecule is CCOc1ccc(CCNC(=O)CSc2n[nH]c(=O)n2C2CC2)cc1OCC. The van der Waals surface area contributed by atoms with Crippen molar-refractivity contribution in [1.82, 2.24) is 20.1 Å². The number of thioether (sulfide) groups is 1. The third-order valence-electron chi connectivity index (χ3n) is 4.26. The highest BCUT2D eigenvalue weighted by Gasteiger charge is 2.28. The lowest BCUT2D eigenvalue weighted by Gasteiger charge is -2.12. The molecule has 0 aliphatic heterocycles. The molecule has 28 heavy (non-hydrogen) atoms. The van der Waals surface area contributed by atoms with Crippen LogP contribution in [0.15, 0.2) is 28.2 Å². The van der Waals surface area contributed by atoms with Gasteiger partial charge in [0.25, 0.3) is 0 Å². The van der Waals surface area contributed by atoms with E-state index in [2.05, 4.69) is 15.5 Å². The second-order valence-electron chi connectivity index (χ2n) is 6.45. The number of aromatic amines is 1. The Labute approximate surface area is 168 Å². The van der Waals surface area contributed by atoms with Gasteiger partial charge in [0.1, 0.15) is 0 Å². The molecule has 0 saturated heterocycles. The van der Waals surface area contributed by atoms with Crippen LogP contribution in [0.5, 0.6) is 11.5 Å². The van der Waals surface area contributed by atoms with Crippen LogP contribution in [0.1, 0.15) is 38.3 Å². The molecule has 152 valence electrons. The van der Waals surface area contributed by atoms with Crippen molar-refractivity contribution in [2.24, 2.45) is 0 Å². The van der Waals surface area contributed by atoms with Gasteiger partial charge in [-0.1, -0.05) is 17.8 Å². The van der Waals surface area contributed by atoms with Crippen molar-refractivity contribution < 1.29 is 14.3 Å². The molecule has 1 aromatic carbocycles. The number of nitrogens with zero attached hydrogens (tertiary/aromatic N) is 2. The van der Waals surface area contributed by atoms with E-state index in [1.807, 2.05) is 32.0 Å². The summed E-state index contributed by atoms with van der Waals surface area (Å²) in [5, 5.41) is 9.95. The summed E-state index contributed by atoms with van der Waals surface area (Å²) in [5.74, 6) is 1.60. The summed E-state index contributed by atoms with van der Waals surface area (Å²) in [7, 11) is 0. The molecule has 0 unspecified atom stereocenters. The highest BCUT2D eigenvalue weighted by molar-refractivity contribution is 7.99. The first-order chi connectivity index (χ1) is 13.6. The number of hydrogen-bond acceptors (Lipinski definition) is 6. The number of amides is 1. The molecule has 1 amide bonds. The van der Waals surface area contributed by atoms with Gasteiger partial charge in [-0.3, -0.25) is 9.36 Å². The minimum atomic E-state index is -0.203. The van der Waals surface area contributed by atoms with E-state index in [0.717, 1.165) is 29.9 Å². The van der Waals surface area contributed by atoms with E-state index in [4.69, 9.17) is 9.47 Å². The highest BCUT2D eigenvalue weighted by Crippen LogP contribution is 2.36. The zero-order valence-electron chi connectivity index (χ0n) is 16.2. The number of carbonyl (C=O) groups is 1. The molecule has 2 N–H and O–H groups in total. The number of H-pyrrole nitrogens is 1. The number of benzene rings is 1. The average molecular weight is 407 g/mol. The van der Waals surface area contributed by atoms with E-state index in [-0.39, 0.29) is 23.4 Å². The summed E-state index contributed by atoms with van der Waals surface area (Å²) in [6, 6.07) is 6.06. The number of rotatable bonds is 11. The van der Waals surface area contributed by atoms with Crippen molar-refractivity contribution in [3.63, 3.8) is 0 Å². The summed E-state index contributed by atoms with van der Waals surface area (Å²) in [4.78, 5) is 23.9.